The summed E-state index contributed by atoms with van der Waals surface area (Å²) < 4.78 is 0. The highest BCUT2D eigenvalue weighted by molar-refractivity contribution is 6.36. The largest absolute Gasteiger partial charge is 0.317 e. The number of benzene rings is 1. The molecule has 0 saturated carbocycles. The molecule has 1 fully saturated rings. The Hall–Kier alpha value is -0.480. The molecule has 0 aromatic heterocycles. The van der Waals surface area contributed by atoms with E-state index in [0.29, 0.717) is 16.6 Å². The van der Waals surface area contributed by atoms with E-state index in [9.17, 15) is 4.79 Å². The molecule has 1 aliphatic heterocycles. The fourth-order valence-electron chi connectivity index (χ4n) is 2.43. The van der Waals surface area contributed by atoms with Gasteiger partial charge in [-0.3, -0.25) is 4.79 Å². The summed E-state index contributed by atoms with van der Waals surface area (Å²) in [7, 11) is 0. The lowest BCUT2D eigenvalue weighted by Gasteiger charge is -2.29. The summed E-state index contributed by atoms with van der Waals surface area (Å²) >= 11 is 12.1. The van der Waals surface area contributed by atoms with Gasteiger partial charge in [0.05, 0.1) is 10.7 Å². The standard InChI is InChI=1S/C14H18Cl2N2O.ClH/c1-2-18(13-4-3-11(15)9-12(13)16)14(19)10-5-7-17-8-6-10;/h3-4,9-10,17H,2,5-8H2,1H3;1H. The molecule has 0 spiro atoms. The van der Waals surface area contributed by atoms with Crippen molar-refractivity contribution in [1.82, 2.24) is 5.32 Å². The Balaban J connectivity index is 0.00000200. The lowest BCUT2D eigenvalue weighted by molar-refractivity contribution is -0.123. The molecule has 20 heavy (non-hydrogen) atoms. The second-order valence-electron chi connectivity index (χ2n) is 4.70. The maximum absolute atomic E-state index is 12.6. The Morgan fingerprint density at radius 2 is 2.00 bits per heavy atom. The van der Waals surface area contributed by atoms with Crippen LogP contribution in [0.4, 0.5) is 5.69 Å². The number of piperidine rings is 1. The third-order valence-electron chi connectivity index (χ3n) is 3.47. The van der Waals surface area contributed by atoms with Crippen molar-refractivity contribution in [2.45, 2.75) is 19.8 Å². The van der Waals surface area contributed by atoms with Gasteiger partial charge in [-0.15, -0.1) is 12.4 Å². The number of carbonyl (C=O) groups excluding carboxylic acids is 1. The van der Waals surface area contributed by atoms with Crippen LogP contribution >= 0.6 is 35.6 Å². The van der Waals surface area contributed by atoms with Crippen molar-refractivity contribution < 1.29 is 4.79 Å². The predicted octanol–water partition coefficient (Wildman–Crippen LogP) is 3.77. The zero-order valence-electron chi connectivity index (χ0n) is 11.4. The SMILES string of the molecule is CCN(C(=O)C1CCNCC1)c1ccc(Cl)cc1Cl.Cl. The molecule has 0 radical (unpaired) electrons. The maximum atomic E-state index is 12.6. The molecule has 0 unspecified atom stereocenters. The minimum absolute atomic E-state index is 0. The smallest absolute Gasteiger partial charge is 0.230 e. The van der Waals surface area contributed by atoms with Gasteiger partial charge in [0.1, 0.15) is 0 Å². The van der Waals surface area contributed by atoms with E-state index >= 15 is 0 Å². The molecule has 1 N–H and O–H groups in total. The summed E-state index contributed by atoms with van der Waals surface area (Å²) in [6.07, 6.45) is 1.78. The van der Waals surface area contributed by atoms with Gasteiger partial charge in [0, 0.05) is 17.5 Å². The van der Waals surface area contributed by atoms with E-state index < -0.39 is 0 Å². The van der Waals surface area contributed by atoms with Crippen molar-refractivity contribution in [3.05, 3.63) is 28.2 Å². The Bertz CT molecular complexity index is 462. The zero-order chi connectivity index (χ0) is 13.8. The fourth-order valence-corrected chi connectivity index (χ4v) is 2.94. The van der Waals surface area contributed by atoms with Crippen LogP contribution in [-0.4, -0.2) is 25.5 Å². The van der Waals surface area contributed by atoms with Crippen molar-refractivity contribution >= 4 is 47.2 Å². The van der Waals surface area contributed by atoms with E-state index in [2.05, 4.69) is 5.32 Å². The molecule has 6 heteroatoms. The van der Waals surface area contributed by atoms with Gasteiger partial charge >= 0.3 is 0 Å². The lowest BCUT2D eigenvalue weighted by Crippen LogP contribution is -2.41. The van der Waals surface area contributed by atoms with Crippen LogP contribution < -0.4 is 10.2 Å². The highest BCUT2D eigenvalue weighted by atomic mass is 35.5. The van der Waals surface area contributed by atoms with E-state index in [0.717, 1.165) is 31.6 Å². The third kappa shape index (κ3) is 4.01. The summed E-state index contributed by atoms with van der Waals surface area (Å²) in [6.45, 7) is 4.39. The summed E-state index contributed by atoms with van der Waals surface area (Å²) in [5, 5.41) is 4.38. The molecule has 0 bridgehead atoms. The number of rotatable bonds is 3. The Kier molecular flexibility index (Phi) is 7.10. The van der Waals surface area contributed by atoms with Gasteiger partial charge in [0.25, 0.3) is 0 Å². The van der Waals surface area contributed by atoms with Gasteiger partial charge in [-0.1, -0.05) is 23.2 Å². The Morgan fingerprint density at radius 1 is 1.35 bits per heavy atom. The molecule has 1 aliphatic rings. The Labute approximate surface area is 136 Å². The molecule has 112 valence electrons. The topological polar surface area (TPSA) is 32.3 Å². The van der Waals surface area contributed by atoms with Crippen molar-refractivity contribution in [1.29, 1.82) is 0 Å². The molecule has 3 nitrogen and oxygen atoms in total. The first kappa shape index (κ1) is 17.6. The van der Waals surface area contributed by atoms with Gasteiger partial charge in [-0.05, 0) is 51.1 Å². The maximum Gasteiger partial charge on any atom is 0.230 e. The zero-order valence-corrected chi connectivity index (χ0v) is 13.7. The second kappa shape index (κ2) is 8.08. The number of nitrogens with zero attached hydrogens (tertiary/aromatic N) is 1. The summed E-state index contributed by atoms with van der Waals surface area (Å²) in [6, 6.07) is 5.26. The average Bonchev–Trinajstić information content (AvgIpc) is 2.42. The summed E-state index contributed by atoms with van der Waals surface area (Å²) in [5.41, 5.74) is 0.747. The van der Waals surface area contributed by atoms with Crippen LogP contribution in [0, 0.1) is 5.92 Å². The monoisotopic (exact) mass is 336 g/mol. The van der Waals surface area contributed by atoms with Gasteiger partial charge < -0.3 is 10.2 Å². The van der Waals surface area contributed by atoms with E-state index in [-0.39, 0.29) is 24.2 Å². The molecule has 1 saturated heterocycles. The highest BCUT2D eigenvalue weighted by Gasteiger charge is 2.26. The van der Waals surface area contributed by atoms with E-state index in [1.165, 1.54) is 0 Å². The van der Waals surface area contributed by atoms with Crippen molar-refractivity contribution in [2.75, 3.05) is 24.5 Å². The minimum Gasteiger partial charge on any atom is -0.317 e. The first-order valence-electron chi connectivity index (χ1n) is 6.60. The molecule has 1 aromatic rings. The van der Waals surface area contributed by atoms with Crippen LogP contribution in [0.2, 0.25) is 10.0 Å². The molecule has 0 atom stereocenters. The van der Waals surface area contributed by atoms with Crippen molar-refractivity contribution in [3.63, 3.8) is 0 Å². The molecular weight excluding hydrogens is 319 g/mol. The normalized spacial score (nSPS) is 15.6. The molecule has 0 aliphatic carbocycles. The van der Waals surface area contributed by atoms with Crippen LogP contribution in [0.5, 0.6) is 0 Å². The number of amides is 1. The minimum atomic E-state index is 0. The number of hydrogen-bond acceptors (Lipinski definition) is 2. The molecular formula is C14H19Cl3N2O. The first-order valence-corrected chi connectivity index (χ1v) is 7.36. The summed E-state index contributed by atoms with van der Waals surface area (Å²) in [5.74, 6) is 0.251. The number of carbonyl (C=O) groups is 1. The number of halogens is 3. The number of anilines is 1. The predicted molar refractivity (Wildman–Crippen MR) is 87.3 cm³/mol. The fraction of sp³-hybridized carbons (Fsp3) is 0.500. The average molecular weight is 338 g/mol. The quantitative estimate of drug-likeness (QED) is 0.910. The summed E-state index contributed by atoms with van der Waals surface area (Å²) in [4.78, 5) is 14.3. The van der Waals surface area contributed by atoms with Crippen LogP contribution in [0.25, 0.3) is 0 Å². The Morgan fingerprint density at radius 3 is 2.55 bits per heavy atom. The number of hydrogen-bond donors (Lipinski definition) is 1. The molecule has 1 amide bonds. The van der Waals surface area contributed by atoms with E-state index in [4.69, 9.17) is 23.2 Å². The third-order valence-corrected chi connectivity index (χ3v) is 4.01. The first-order chi connectivity index (χ1) is 9.13. The van der Waals surface area contributed by atoms with Gasteiger partial charge in [0.2, 0.25) is 5.91 Å². The van der Waals surface area contributed by atoms with Crippen LogP contribution in [0.1, 0.15) is 19.8 Å². The van der Waals surface area contributed by atoms with Crippen molar-refractivity contribution in [3.8, 4) is 0 Å². The molecule has 2 rings (SSSR count). The van der Waals surface area contributed by atoms with Gasteiger partial charge in [0.15, 0.2) is 0 Å². The van der Waals surface area contributed by atoms with E-state index in [1.807, 2.05) is 13.0 Å². The molecule has 1 aromatic carbocycles. The molecule has 1 heterocycles. The lowest BCUT2D eigenvalue weighted by atomic mass is 9.96. The number of nitrogens with one attached hydrogen (secondary N) is 1. The van der Waals surface area contributed by atoms with Crippen LogP contribution in [0.3, 0.4) is 0 Å². The highest BCUT2D eigenvalue weighted by Crippen LogP contribution is 2.30. The van der Waals surface area contributed by atoms with E-state index in [1.54, 1.807) is 17.0 Å². The van der Waals surface area contributed by atoms with Crippen LogP contribution in [-0.2, 0) is 4.79 Å². The van der Waals surface area contributed by atoms with Gasteiger partial charge in [-0.25, -0.2) is 0 Å². The van der Waals surface area contributed by atoms with Gasteiger partial charge in [-0.2, -0.15) is 0 Å². The van der Waals surface area contributed by atoms with Crippen LogP contribution in [0.15, 0.2) is 18.2 Å². The van der Waals surface area contributed by atoms with Crippen molar-refractivity contribution in [2.24, 2.45) is 5.92 Å². The second-order valence-corrected chi connectivity index (χ2v) is 5.55.